The van der Waals surface area contributed by atoms with E-state index in [0.29, 0.717) is 5.57 Å². The van der Waals surface area contributed by atoms with Crippen LogP contribution >= 0.6 is 0 Å². The van der Waals surface area contributed by atoms with Crippen molar-refractivity contribution in [3.05, 3.63) is 70.8 Å². The van der Waals surface area contributed by atoms with E-state index in [1.807, 2.05) is 43.3 Å². The van der Waals surface area contributed by atoms with Crippen molar-refractivity contribution in [1.82, 2.24) is 0 Å². The third-order valence-corrected chi connectivity index (χ3v) is 3.75. The SMILES string of the molecule is Cc1ccccc1/C(=C\c1ccc(C(C)(C)C)cc1)C(=O)O. The highest BCUT2D eigenvalue weighted by atomic mass is 16.4. The molecule has 0 aliphatic carbocycles. The molecule has 22 heavy (non-hydrogen) atoms. The normalized spacial score (nSPS) is 12.3. The van der Waals surface area contributed by atoms with E-state index >= 15 is 0 Å². The van der Waals surface area contributed by atoms with Gasteiger partial charge in [-0.15, -0.1) is 0 Å². The summed E-state index contributed by atoms with van der Waals surface area (Å²) in [6.45, 7) is 8.41. The fraction of sp³-hybridized carbons (Fsp3) is 0.250. The van der Waals surface area contributed by atoms with Gasteiger partial charge in [-0.3, -0.25) is 0 Å². The number of carbonyl (C=O) groups is 1. The first-order valence-electron chi connectivity index (χ1n) is 7.40. The molecule has 2 rings (SSSR count). The summed E-state index contributed by atoms with van der Waals surface area (Å²) >= 11 is 0. The fourth-order valence-electron chi connectivity index (χ4n) is 2.38. The smallest absolute Gasteiger partial charge is 0.336 e. The molecule has 1 N–H and O–H groups in total. The molecule has 0 fully saturated rings. The van der Waals surface area contributed by atoms with E-state index in [-0.39, 0.29) is 5.41 Å². The number of hydrogen-bond acceptors (Lipinski definition) is 1. The summed E-state index contributed by atoms with van der Waals surface area (Å²) < 4.78 is 0. The van der Waals surface area contributed by atoms with Crippen molar-refractivity contribution in [2.24, 2.45) is 0 Å². The van der Waals surface area contributed by atoms with E-state index in [1.165, 1.54) is 5.56 Å². The van der Waals surface area contributed by atoms with E-state index in [4.69, 9.17) is 0 Å². The van der Waals surface area contributed by atoms with Crippen molar-refractivity contribution in [1.29, 1.82) is 0 Å². The lowest BCUT2D eigenvalue weighted by Crippen LogP contribution is -2.10. The Kier molecular flexibility index (Phi) is 4.51. The predicted octanol–water partition coefficient (Wildman–Crippen LogP) is 4.92. The zero-order chi connectivity index (χ0) is 16.3. The van der Waals surface area contributed by atoms with Gasteiger partial charge in [0.1, 0.15) is 0 Å². The number of hydrogen-bond donors (Lipinski definition) is 1. The van der Waals surface area contributed by atoms with Crippen LogP contribution in [0.15, 0.2) is 48.5 Å². The molecule has 0 spiro atoms. The minimum atomic E-state index is -0.908. The average molecular weight is 294 g/mol. The minimum absolute atomic E-state index is 0.0912. The van der Waals surface area contributed by atoms with Crippen molar-refractivity contribution < 1.29 is 9.90 Å². The van der Waals surface area contributed by atoms with Crippen molar-refractivity contribution >= 4 is 17.6 Å². The van der Waals surface area contributed by atoms with Gasteiger partial charge in [0.05, 0.1) is 5.57 Å². The maximum Gasteiger partial charge on any atom is 0.336 e. The van der Waals surface area contributed by atoms with Gasteiger partial charge in [0, 0.05) is 0 Å². The average Bonchev–Trinajstić information content (AvgIpc) is 2.45. The quantitative estimate of drug-likeness (QED) is 0.644. The Morgan fingerprint density at radius 2 is 1.59 bits per heavy atom. The Labute approximate surface area is 132 Å². The zero-order valence-corrected chi connectivity index (χ0v) is 13.6. The molecule has 114 valence electrons. The van der Waals surface area contributed by atoms with Gasteiger partial charge < -0.3 is 5.11 Å². The molecule has 2 aromatic carbocycles. The minimum Gasteiger partial charge on any atom is -0.478 e. The summed E-state index contributed by atoms with van der Waals surface area (Å²) in [5, 5.41) is 9.53. The summed E-state index contributed by atoms with van der Waals surface area (Å²) in [7, 11) is 0. The Morgan fingerprint density at radius 1 is 1.00 bits per heavy atom. The highest BCUT2D eigenvalue weighted by molar-refractivity contribution is 6.21. The van der Waals surface area contributed by atoms with Gasteiger partial charge >= 0.3 is 5.97 Å². The number of aryl methyl sites for hydroxylation is 1. The molecule has 0 aromatic heterocycles. The maximum absolute atomic E-state index is 11.6. The molecule has 0 aliphatic heterocycles. The molecule has 0 radical (unpaired) electrons. The Balaban J connectivity index is 2.44. The van der Waals surface area contributed by atoms with Crippen molar-refractivity contribution in [3.63, 3.8) is 0 Å². The van der Waals surface area contributed by atoms with Gasteiger partial charge in [-0.2, -0.15) is 0 Å². The number of benzene rings is 2. The standard InChI is InChI=1S/C20H22O2/c1-14-7-5-6-8-17(14)18(19(21)22)13-15-9-11-16(12-10-15)20(2,3)4/h5-13H,1-4H3,(H,21,22)/b18-13+. The van der Waals surface area contributed by atoms with Crippen LogP contribution < -0.4 is 0 Å². The van der Waals surface area contributed by atoms with Crippen LogP contribution in [0.2, 0.25) is 0 Å². The second kappa shape index (κ2) is 6.18. The Bertz CT molecular complexity index is 701. The lowest BCUT2D eigenvalue weighted by molar-refractivity contribution is -0.130. The first-order chi connectivity index (χ1) is 10.3. The summed E-state index contributed by atoms with van der Waals surface area (Å²) in [6, 6.07) is 15.6. The van der Waals surface area contributed by atoms with E-state index in [2.05, 4.69) is 32.9 Å². The number of aliphatic carboxylic acids is 1. The second-order valence-corrected chi connectivity index (χ2v) is 6.55. The summed E-state index contributed by atoms with van der Waals surface area (Å²) in [5.41, 5.74) is 4.26. The maximum atomic E-state index is 11.6. The van der Waals surface area contributed by atoms with Gasteiger partial charge in [0.15, 0.2) is 0 Å². The molecule has 0 bridgehead atoms. The first kappa shape index (κ1) is 16.0. The van der Waals surface area contributed by atoms with Crippen LogP contribution in [-0.4, -0.2) is 11.1 Å². The third-order valence-electron chi connectivity index (χ3n) is 3.75. The molecule has 0 saturated heterocycles. The molecule has 2 heteroatoms. The lowest BCUT2D eigenvalue weighted by Gasteiger charge is -2.18. The van der Waals surface area contributed by atoms with Crippen molar-refractivity contribution in [3.8, 4) is 0 Å². The Morgan fingerprint density at radius 3 is 2.09 bits per heavy atom. The van der Waals surface area contributed by atoms with Crippen LogP contribution in [0.3, 0.4) is 0 Å². The van der Waals surface area contributed by atoms with E-state index in [1.54, 1.807) is 6.08 Å². The van der Waals surface area contributed by atoms with Gasteiger partial charge in [-0.25, -0.2) is 4.79 Å². The van der Waals surface area contributed by atoms with Crippen molar-refractivity contribution in [2.45, 2.75) is 33.1 Å². The lowest BCUT2D eigenvalue weighted by atomic mass is 9.86. The van der Waals surface area contributed by atoms with Crippen LogP contribution in [0.5, 0.6) is 0 Å². The van der Waals surface area contributed by atoms with Crippen LogP contribution in [0, 0.1) is 6.92 Å². The van der Waals surface area contributed by atoms with E-state index in [9.17, 15) is 9.90 Å². The van der Waals surface area contributed by atoms with E-state index in [0.717, 1.165) is 16.7 Å². The molecule has 0 amide bonds. The highest BCUT2D eigenvalue weighted by Crippen LogP contribution is 2.25. The summed E-state index contributed by atoms with van der Waals surface area (Å²) in [5.74, 6) is -0.908. The topological polar surface area (TPSA) is 37.3 Å². The molecule has 0 atom stereocenters. The monoisotopic (exact) mass is 294 g/mol. The number of carboxylic acids is 1. The van der Waals surface area contributed by atoms with Crippen LogP contribution in [0.4, 0.5) is 0 Å². The van der Waals surface area contributed by atoms with Gasteiger partial charge in [-0.05, 0) is 40.7 Å². The Hall–Kier alpha value is -2.35. The van der Waals surface area contributed by atoms with E-state index < -0.39 is 5.97 Å². The highest BCUT2D eigenvalue weighted by Gasteiger charge is 2.14. The predicted molar refractivity (Wildman–Crippen MR) is 91.8 cm³/mol. The summed E-state index contributed by atoms with van der Waals surface area (Å²) in [4.78, 5) is 11.6. The van der Waals surface area contributed by atoms with Crippen molar-refractivity contribution in [2.75, 3.05) is 0 Å². The molecule has 2 aromatic rings. The molecule has 0 heterocycles. The molecule has 2 nitrogen and oxygen atoms in total. The third kappa shape index (κ3) is 3.64. The van der Waals surface area contributed by atoms with Crippen LogP contribution in [-0.2, 0) is 10.2 Å². The number of carboxylic acid groups (broad SMARTS) is 1. The van der Waals surface area contributed by atoms with Crippen LogP contribution in [0.1, 0.15) is 43.0 Å². The first-order valence-corrected chi connectivity index (χ1v) is 7.40. The van der Waals surface area contributed by atoms with Crippen LogP contribution in [0.25, 0.3) is 11.6 Å². The largest absolute Gasteiger partial charge is 0.478 e. The molecule has 0 aliphatic rings. The fourth-order valence-corrected chi connectivity index (χ4v) is 2.38. The molecular formula is C20H22O2. The number of rotatable bonds is 3. The zero-order valence-electron chi connectivity index (χ0n) is 13.6. The van der Waals surface area contributed by atoms with Gasteiger partial charge in [-0.1, -0.05) is 69.3 Å². The molecular weight excluding hydrogens is 272 g/mol. The van der Waals surface area contributed by atoms with Gasteiger partial charge in [0.2, 0.25) is 0 Å². The molecule has 0 unspecified atom stereocenters. The second-order valence-electron chi connectivity index (χ2n) is 6.55. The van der Waals surface area contributed by atoms with Gasteiger partial charge in [0.25, 0.3) is 0 Å². The molecule has 0 saturated carbocycles. The summed E-state index contributed by atoms with van der Waals surface area (Å²) in [6.07, 6.45) is 1.73.